The molecule has 0 spiro atoms. The second-order valence-corrected chi connectivity index (χ2v) is 10.4. The summed E-state index contributed by atoms with van der Waals surface area (Å²) in [4.78, 5) is 53.1. The SMILES string of the molecule is COc1cc(/C=C2\SC(=O)N(CC(=O)N3CCCCC3)C2=O)c(Br)cc1OCC(=O)Nc1ccc(F)cc1. The Morgan fingerprint density at radius 2 is 1.82 bits per heavy atom. The molecule has 9 nitrogen and oxygen atoms in total. The normalized spacial score (nSPS) is 16.7. The Hall–Kier alpha value is -3.38. The maximum Gasteiger partial charge on any atom is 0.294 e. The summed E-state index contributed by atoms with van der Waals surface area (Å²) in [6, 6.07) is 8.52. The molecule has 0 atom stereocenters. The Labute approximate surface area is 231 Å². The monoisotopic (exact) mass is 605 g/mol. The molecule has 0 bridgehead atoms. The summed E-state index contributed by atoms with van der Waals surface area (Å²) < 4.78 is 24.6. The molecule has 0 aromatic heterocycles. The topological polar surface area (TPSA) is 105 Å². The highest BCUT2D eigenvalue weighted by molar-refractivity contribution is 9.10. The summed E-state index contributed by atoms with van der Waals surface area (Å²) in [6.07, 6.45) is 4.44. The fourth-order valence-electron chi connectivity index (χ4n) is 3.96. The van der Waals surface area contributed by atoms with Gasteiger partial charge in [-0.15, -0.1) is 0 Å². The molecular formula is C26H25BrFN3O6S. The number of carbonyl (C=O) groups is 4. The van der Waals surface area contributed by atoms with Crippen LogP contribution in [0.1, 0.15) is 24.8 Å². The molecular weight excluding hydrogens is 581 g/mol. The fraction of sp³-hybridized carbons (Fsp3) is 0.308. The number of thioether (sulfide) groups is 1. The largest absolute Gasteiger partial charge is 0.493 e. The van der Waals surface area contributed by atoms with Crippen molar-refractivity contribution in [2.45, 2.75) is 19.3 Å². The van der Waals surface area contributed by atoms with Gasteiger partial charge in [-0.05, 0) is 79.1 Å². The van der Waals surface area contributed by atoms with E-state index in [2.05, 4.69) is 21.2 Å². The minimum absolute atomic E-state index is 0.177. The first-order valence-electron chi connectivity index (χ1n) is 11.8. The van der Waals surface area contributed by atoms with Gasteiger partial charge in [0.2, 0.25) is 5.91 Å². The van der Waals surface area contributed by atoms with Crippen LogP contribution in [0.25, 0.3) is 6.08 Å². The van der Waals surface area contributed by atoms with Crippen LogP contribution in [0.4, 0.5) is 14.9 Å². The number of piperidine rings is 1. The number of rotatable bonds is 8. The van der Waals surface area contributed by atoms with Crippen molar-refractivity contribution in [2.24, 2.45) is 0 Å². The lowest BCUT2D eigenvalue weighted by Gasteiger charge is -2.27. The number of imide groups is 1. The Balaban J connectivity index is 1.42. The van der Waals surface area contributed by atoms with E-state index in [1.54, 1.807) is 17.0 Å². The highest BCUT2D eigenvalue weighted by Crippen LogP contribution is 2.38. The molecule has 0 saturated carbocycles. The van der Waals surface area contributed by atoms with Gasteiger partial charge in [-0.2, -0.15) is 0 Å². The first kappa shape index (κ1) is 27.6. The van der Waals surface area contributed by atoms with Crippen LogP contribution >= 0.6 is 27.7 Å². The molecule has 4 rings (SSSR count). The Kier molecular flexibility index (Phi) is 9.05. The number of halogens is 2. The van der Waals surface area contributed by atoms with E-state index in [0.717, 1.165) is 35.9 Å². The van der Waals surface area contributed by atoms with Gasteiger partial charge in [0.25, 0.3) is 17.1 Å². The van der Waals surface area contributed by atoms with Crippen molar-refractivity contribution in [3.8, 4) is 11.5 Å². The highest BCUT2D eigenvalue weighted by Gasteiger charge is 2.37. The molecule has 0 aliphatic carbocycles. The smallest absolute Gasteiger partial charge is 0.294 e. The van der Waals surface area contributed by atoms with Crippen LogP contribution < -0.4 is 14.8 Å². The van der Waals surface area contributed by atoms with E-state index < -0.39 is 22.9 Å². The van der Waals surface area contributed by atoms with Gasteiger partial charge in [-0.3, -0.25) is 24.1 Å². The summed E-state index contributed by atoms with van der Waals surface area (Å²) in [5.74, 6) is -1.06. The second kappa shape index (κ2) is 12.4. The molecule has 2 saturated heterocycles. The lowest BCUT2D eigenvalue weighted by atomic mass is 10.1. The molecule has 12 heteroatoms. The summed E-state index contributed by atoms with van der Waals surface area (Å²) in [5.41, 5.74) is 0.966. The molecule has 2 aromatic rings. The number of nitrogens with one attached hydrogen (secondary N) is 1. The number of carbonyl (C=O) groups excluding carboxylic acids is 4. The van der Waals surface area contributed by atoms with Gasteiger partial charge >= 0.3 is 0 Å². The van der Waals surface area contributed by atoms with E-state index in [1.165, 1.54) is 37.5 Å². The van der Waals surface area contributed by atoms with E-state index >= 15 is 0 Å². The average molecular weight is 606 g/mol. The minimum atomic E-state index is -0.533. The number of methoxy groups -OCH3 is 1. The van der Waals surface area contributed by atoms with Crippen LogP contribution in [0.5, 0.6) is 11.5 Å². The molecule has 38 heavy (non-hydrogen) atoms. The highest BCUT2D eigenvalue weighted by atomic mass is 79.9. The number of benzene rings is 2. The van der Waals surface area contributed by atoms with Gasteiger partial charge in [0.1, 0.15) is 12.4 Å². The van der Waals surface area contributed by atoms with E-state index in [-0.39, 0.29) is 29.7 Å². The van der Waals surface area contributed by atoms with Crippen LogP contribution in [0.3, 0.4) is 0 Å². The third-order valence-corrected chi connectivity index (χ3v) is 7.53. The first-order chi connectivity index (χ1) is 18.2. The van der Waals surface area contributed by atoms with Crippen molar-refractivity contribution in [3.63, 3.8) is 0 Å². The zero-order chi connectivity index (χ0) is 27.2. The molecule has 2 aliphatic heterocycles. The number of hydrogen-bond donors (Lipinski definition) is 1. The van der Waals surface area contributed by atoms with E-state index in [9.17, 15) is 23.6 Å². The molecule has 2 heterocycles. The zero-order valence-electron chi connectivity index (χ0n) is 20.5. The van der Waals surface area contributed by atoms with Crippen LogP contribution in [0.15, 0.2) is 45.8 Å². The zero-order valence-corrected chi connectivity index (χ0v) is 22.9. The van der Waals surface area contributed by atoms with Gasteiger partial charge in [-0.1, -0.05) is 15.9 Å². The van der Waals surface area contributed by atoms with Gasteiger partial charge in [-0.25, -0.2) is 4.39 Å². The predicted octanol–water partition coefficient (Wildman–Crippen LogP) is 4.66. The summed E-state index contributed by atoms with van der Waals surface area (Å²) in [6.45, 7) is 0.669. The number of ether oxygens (including phenoxy) is 2. The Morgan fingerprint density at radius 1 is 1.11 bits per heavy atom. The number of likely N-dealkylation sites (tertiary alicyclic amines) is 1. The standard InChI is InChI=1S/C26H25BrFN3O6S/c1-36-20-11-16(19(27)13-21(20)37-15-23(32)29-18-7-5-17(28)6-8-18)12-22-25(34)31(26(35)38-22)14-24(33)30-9-3-2-4-10-30/h5-8,11-13H,2-4,9-10,14-15H2,1H3,(H,29,32)/b22-12-. The van der Waals surface area contributed by atoms with E-state index in [0.29, 0.717) is 34.6 Å². The molecule has 2 fully saturated rings. The van der Waals surface area contributed by atoms with Gasteiger partial charge < -0.3 is 19.7 Å². The van der Waals surface area contributed by atoms with Crippen molar-refractivity contribution in [2.75, 3.05) is 38.7 Å². The van der Waals surface area contributed by atoms with Crippen molar-refractivity contribution >= 4 is 62.4 Å². The van der Waals surface area contributed by atoms with Gasteiger partial charge in [0.05, 0.1) is 12.0 Å². The number of hydrogen-bond acceptors (Lipinski definition) is 7. The molecule has 2 aromatic carbocycles. The van der Waals surface area contributed by atoms with Crippen LogP contribution in [-0.2, 0) is 14.4 Å². The van der Waals surface area contributed by atoms with Crippen LogP contribution in [-0.4, -0.2) is 66.1 Å². The van der Waals surface area contributed by atoms with E-state index in [4.69, 9.17) is 9.47 Å². The fourth-order valence-corrected chi connectivity index (χ4v) is 5.23. The lowest BCUT2D eigenvalue weighted by molar-refractivity contribution is -0.136. The van der Waals surface area contributed by atoms with Crippen molar-refractivity contribution in [1.29, 1.82) is 0 Å². The van der Waals surface area contributed by atoms with Crippen molar-refractivity contribution in [3.05, 3.63) is 57.2 Å². The molecule has 0 radical (unpaired) electrons. The maximum atomic E-state index is 13.0. The molecule has 2 aliphatic rings. The summed E-state index contributed by atoms with van der Waals surface area (Å²) in [5, 5.41) is 2.10. The molecule has 1 N–H and O–H groups in total. The third kappa shape index (κ3) is 6.73. The third-order valence-electron chi connectivity index (χ3n) is 5.93. The summed E-state index contributed by atoms with van der Waals surface area (Å²) in [7, 11) is 1.43. The molecule has 200 valence electrons. The number of nitrogens with zero attached hydrogens (tertiary/aromatic N) is 2. The van der Waals surface area contributed by atoms with Crippen LogP contribution in [0, 0.1) is 5.82 Å². The first-order valence-corrected chi connectivity index (χ1v) is 13.4. The minimum Gasteiger partial charge on any atom is -0.493 e. The van der Waals surface area contributed by atoms with Crippen LogP contribution in [0.2, 0.25) is 0 Å². The molecule has 0 unspecified atom stereocenters. The van der Waals surface area contributed by atoms with Gasteiger partial charge in [0, 0.05) is 23.2 Å². The molecule has 4 amide bonds. The predicted molar refractivity (Wildman–Crippen MR) is 144 cm³/mol. The number of amides is 4. The van der Waals surface area contributed by atoms with Gasteiger partial charge in [0.15, 0.2) is 18.1 Å². The lowest BCUT2D eigenvalue weighted by Crippen LogP contribution is -2.44. The average Bonchev–Trinajstić information content (AvgIpc) is 3.17. The Bertz CT molecular complexity index is 1280. The Morgan fingerprint density at radius 3 is 2.50 bits per heavy atom. The van der Waals surface area contributed by atoms with Crippen molar-refractivity contribution < 1.29 is 33.0 Å². The number of anilines is 1. The van der Waals surface area contributed by atoms with Crippen molar-refractivity contribution in [1.82, 2.24) is 9.80 Å². The quantitative estimate of drug-likeness (QED) is 0.436. The van der Waals surface area contributed by atoms with E-state index in [1.807, 2.05) is 0 Å². The second-order valence-electron chi connectivity index (χ2n) is 8.58. The summed E-state index contributed by atoms with van der Waals surface area (Å²) >= 11 is 4.20. The maximum absolute atomic E-state index is 13.0.